The molecular formula is C21H17F2NS2. The van der Waals surface area contributed by atoms with E-state index in [4.69, 9.17) is 0 Å². The van der Waals surface area contributed by atoms with E-state index >= 15 is 0 Å². The molecule has 0 saturated heterocycles. The average Bonchev–Trinajstić information content (AvgIpc) is 3.10. The number of thiocarbonyl (C=S) groups is 1. The van der Waals surface area contributed by atoms with E-state index in [-0.39, 0.29) is 5.56 Å². The second-order valence-electron chi connectivity index (χ2n) is 5.93. The van der Waals surface area contributed by atoms with E-state index in [2.05, 4.69) is 29.3 Å². The molecule has 5 heteroatoms. The fourth-order valence-electron chi connectivity index (χ4n) is 2.76. The monoisotopic (exact) mass is 385 g/mol. The highest BCUT2D eigenvalue weighted by molar-refractivity contribution is 7.78. The first-order chi connectivity index (χ1) is 12.6. The number of thiophene rings is 1. The molecule has 1 heterocycles. The molecule has 0 fully saturated rings. The minimum atomic E-state index is -0.574. The largest absolute Gasteiger partial charge is 0.206 e. The minimum absolute atomic E-state index is 0.0330. The van der Waals surface area contributed by atoms with Crippen molar-refractivity contribution >= 4 is 34.4 Å². The van der Waals surface area contributed by atoms with Crippen molar-refractivity contribution in [1.82, 2.24) is 0 Å². The second-order valence-corrected chi connectivity index (χ2v) is 7.29. The van der Waals surface area contributed by atoms with Crippen LogP contribution in [-0.4, -0.2) is 5.16 Å². The van der Waals surface area contributed by atoms with Crippen LogP contribution in [-0.2, 0) is 6.42 Å². The fourth-order valence-corrected chi connectivity index (χ4v) is 3.91. The van der Waals surface area contributed by atoms with Gasteiger partial charge in [-0.15, -0.1) is 11.3 Å². The minimum Gasteiger partial charge on any atom is -0.206 e. The maximum atomic E-state index is 14.7. The number of aliphatic imine (C=N–C) groups is 1. The fraction of sp³-hybridized carbons (Fsp3) is 0.190. The molecule has 0 atom stereocenters. The Kier molecular flexibility index (Phi) is 6.04. The van der Waals surface area contributed by atoms with Crippen LogP contribution < -0.4 is 0 Å². The van der Waals surface area contributed by atoms with Crippen LogP contribution in [0, 0.1) is 11.6 Å². The highest BCUT2D eigenvalue weighted by Gasteiger charge is 2.15. The van der Waals surface area contributed by atoms with Gasteiger partial charge in [0.2, 0.25) is 0 Å². The summed E-state index contributed by atoms with van der Waals surface area (Å²) in [6.07, 6.45) is 3.24. The molecule has 0 unspecified atom stereocenters. The van der Waals surface area contributed by atoms with Crippen molar-refractivity contribution < 1.29 is 8.78 Å². The molecule has 2 aromatic carbocycles. The van der Waals surface area contributed by atoms with Gasteiger partial charge in [-0.1, -0.05) is 25.5 Å². The third-order valence-corrected chi connectivity index (χ3v) is 5.38. The van der Waals surface area contributed by atoms with Gasteiger partial charge in [0.05, 0.1) is 16.4 Å². The van der Waals surface area contributed by atoms with E-state index in [1.807, 2.05) is 12.1 Å². The summed E-state index contributed by atoms with van der Waals surface area (Å²) in [4.78, 5) is 5.96. The predicted molar refractivity (Wildman–Crippen MR) is 108 cm³/mol. The van der Waals surface area contributed by atoms with Gasteiger partial charge in [-0.2, -0.15) is 4.99 Å². The normalized spacial score (nSPS) is 10.6. The van der Waals surface area contributed by atoms with E-state index in [1.54, 1.807) is 35.6 Å². The molecule has 0 amide bonds. The van der Waals surface area contributed by atoms with Crippen molar-refractivity contribution in [1.29, 1.82) is 0 Å². The molecule has 1 aromatic heterocycles. The molecule has 26 heavy (non-hydrogen) atoms. The van der Waals surface area contributed by atoms with Gasteiger partial charge < -0.3 is 0 Å². The predicted octanol–water partition coefficient (Wildman–Crippen LogP) is 7.44. The number of aryl methyl sites for hydroxylation is 1. The Hall–Kier alpha value is -2.20. The van der Waals surface area contributed by atoms with Crippen molar-refractivity contribution in [2.24, 2.45) is 4.99 Å². The van der Waals surface area contributed by atoms with Crippen LogP contribution in [0.15, 0.2) is 53.5 Å². The van der Waals surface area contributed by atoms with Gasteiger partial charge in [0.15, 0.2) is 0 Å². The van der Waals surface area contributed by atoms with Crippen LogP contribution >= 0.6 is 23.6 Å². The molecular weight excluding hydrogens is 368 g/mol. The van der Waals surface area contributed by atoms with Crippen molar-refractivity contribution in [2.75, 3.05) is 0 Å². The first-order valence-electron chi connectivity index (χ1n) is 8.38. The van der Waals surface area contributed by atoms with Crippen molar-refractivity contribution in [3.8, 4) is 21.6 Å². The van der Waals surface area contributed by atoms with E-state index in [9.17, 15) is 8.78 Å². The number of isothiocyanates is 1. The van der Waals surface area contributed by atoms with E-state index < -0.39 is 11.6 Å². The number of nitrogens with zero attached hydrogens (tertiary/aromatic N) is 1. The molecule has 0 aliphatic carbocycles. The van der Waals surface area contributed by atoms with Gasteiger partial charge in [0.25, 0.3) is 0 Å². The Morgan fingerprint density at radius 2 is 1.69 bits per heavy atom. The van der Waals surface area contributed by atoms with Crippen LogP contribution in [0.2, 0.25) is 0 Å². The standard InChI is InChI=1S/C21H17F2NS2/c1-2-3-4-17-9-10-20(26-17)15-11-18(22)21(19(23)12-15)14-5-7-16(8-6-14)24-13-25/h5-12H,2-4H2,1H3. The lowest BCUT2D eigenvalue weighted by molar-refractivity contribution is 0.590. The van der Waals surface area contributed by atoms with Crippen LogP contribution in [0.5, 0.6) is 0 Å². The van der Waals surface area contributed by atoms with Gasteiger partial charge in [0.1, 0.15) is 11.6 Å². The average molecular weight is 386 g/mol. The van der Waals surface area contributed by atoms with Gasteiger partial charge >= 0.3 is 0 Å². The number of hydrogen-bond donors (Lipinski definition) is 0. The summed E-state index contributed by atoms with van der Waals surface area (Å²) in [5.41, 5.74) is 1.59. The molecule has 1 nitrogen and oxygen atoms in total. The highest BCUT2D eigenvalue weighted by Crippen LogP contribution is 2.35. The zero-order chi connectivity index (χ0) is 18.5. The maximum Gasteiger partial charge on any atom is 0.134 e. The number of benzene rings is 2. The van der Waals surface area contributed by atoms with Crippen molar-refractivity contribution in [2.45, 2.75) is 26.2 Å². The summed E-state index contributed by atoms with van der Waals surface area (Å²) in [7, 11) is 0. The Bertz CT molecular complexity index is 931. The summed E-state index contributed by atoms with van der Waals surface area (Å²) >= 11 is 6.14. The third kappa shape index (κ3) is 4.13. The molecule has 3 aromatic rings. The topological polar surface area (TPSA) is 12.4 Å². The van der Waals surface area contributed by atoms with Gasteiger partial charge in [0, 0.05) is 9.75 Å². The van der Waals surface area contributed by atoms with Crippen LogP contribution in [0.3, 0.4) is 0 Å². The smallest absolute Gasteiger partial charge is 0.134 e. The van der Waals surface area contributed by atoms with Crippen molar-refractivity contribution in [3.05, 3.63) is 65.0 Å². The number of hydrogen-bond acceptors (Lipinski definition) is 3. The van der Waals surface area contributed by atoms with Crippen LogP contribution in [0.1, 0.15) is 24.6 Å². The summed E-state index contributed by atoms with van der Waals surface area (Å²) in [5.74, 6) is -1.15. The van der Waals surface area contributed by atoms with Gasteiger partial charge in [-0.25, -0.2) is 8.78 Å². The Morgan fingerprint density at radius 3 is 2.31 bits per heavy atom. The zero-order valence-electron chi connectivity index (χ0n) is 14.3. The lowest BCUT2D eigenvalue weighted by Crippen LogP contribution is -1.91. The number of halogens is 2. The number of rotatable bonds is 6. The van der Waals surface area contributed by atoms with Crippen LogP contribution in [0.25, 0.3) is 21.6 Å². The Labute approximate surface area is 161 Å². The van der Waals surface area contributed by atoms with E-state index in [0.717, 1.165) is 24.1 Å². The maximum absolute atomic E-state index is 14.7. The molecule has 3 rings (SSSR count). The molecule has 0 aliphatic rings. The first-order valence-corrected chi connectivity index (χ1v) is 9.61. The molecule has 132 valence electrons. The lowest BCUT2D eigenvalue weighted by atomic mass is 10.0. The van der Waals surface area contributed by atoms with E-state index in [1.165, 1.54) is 17.0 Å². The lowest BCUT2D eigenvalue weighted by Gasteiger charge is -2.08. The molecule has 0 saturated carbocycles. The highest BCUT2D eigenvalue weighted by atomic mass is 32.1. The number of unbranched alkanes of at least 4 members (excludes halogenated alkanes) is 1. The van der Waals surface area contributed by atoms with E-state index in [0.29, 0.717) is 16.8 Å². The summed E-state index contributed by atoms with van der Waals surface area (Å²) in [6, 6.07) is 13.3. The molecule has 0 radical (unpaired) electrons. The SMILES string of the molecule is CCCCc1ccc(-c2cc(F)c(-c3ccc(N=C=S)cc3)c(F)c2)s1. The summed E-state index contributed by atoms with van der Waals surface area (Å²) in [5, 5.41) is 2.27. The Morgan fingerprint density at radius 1 is 1.00 bits per heavy atom. The summed E-state index contributed by atoms with van der Waals surface area (Å²) in [6.45, 7) is 2.15. The molecule has 0 N–H and O–H groups in total. The summed E-state index contributed by atoms with van der Waals surface area (Å²) < 4.78 is 29.3. The van der Waals surface area contributed by atoms with Crippen molar-refractivity contribution in [3.63, 3.8) is 0 Å². The molecule has 0 spiro atoms. The quantitative estimate of drug-likeness (QED) is 0.317. The second kappa shape index (κ2) is 8.45. The van der Waals surface area contributed by atoms with Gasteiger partial charge in [-0.05, 0) is 72.6 Å². The Balaban J connectivity index is 1.93. The van der Waals surface area contributed by atoms with Gasteiger partial charge in [-0.3, -0.25) is 0 Å². The first kappa shape index (κ1) is 18.6. The molecule has 0 bridgehead atoms. The molecule has 0 aliphatic heterocycles. The zero-order valence-corrected chi connectivity index (χ0v) is 15.9. The third-order valence-electron chi connectivity index (χ3n) is 4.10. The van der Waals surface area contributed by atoms with Crippen LogP contribution in [0.4, 0.5) is 14.5 Å².